The van der Waals surface area contributed by atoms with E-state index in [9.17, 15) is 9.90 Å². The topological polar surface area (TPSA) is 63.1 Å². The van der Waals surface area contributed by atoms with Crippen LogP contribution in [-0.4, -0.2) is 20.9 Å². The van der Waals surface area contributed by atoms with E-state index in [1.807, 2.05) is 41.5 Å². The van der Waals surface area contributed by atoms with Gasteiger partial charge in [0.15, 0.2) is 5.78 Å². The van der Waals surface area contributed by atoms with Gasteiger partial charge >= 0.3 is 0 Å². The average molecular weight is 862 g/mol. The van der Waals surface area contributed by atoms with Crippen LogP contribution in [0.15, 0.2) is 59.3 Å². The van der Waals surface area contributed by atoms with E-state index in [-0.39, 0.29) is 47.9 Å². The third kappa shape index (κ3) is 7.14. The van der Waals surface area contributed by atoms with Crippen molar-refractivity contribution in [1.82, 2.24) is 9.97 Å². The van der Waals surface area contributed by atoms with Crippen molar-refractivity contribution in [3.05, 3.63) is 70.9 Å². The fourth-order valence-corrected chi connectivity index (χ4v) is 8.91. The molecule has 6 aromatic rings. The molecule has 0 aliphatic heterocycles. The summed E-state index contributed by atoms with van der Waals surface area (Å²) in [5, 5.41) is 18.2. The van der Waals surface area contributed by atoms with Crippen LogP contribution in [-0.2, 0) is 30.3 Å². The number of carbonyl (C=O) groups is 1. The molecule has 0 aliphatic carbocycles. The Hall–Kier alpha value is -2.48. The van der Waals surface area contributed by atoms with Crippen LogP contribution in [0.3, 0.4) is 0 Å². The number of hydrogen-bond donors (Lipinski definition) is 1. The number of hydrogen-bond acceptors (Lipinski definition) is 7. The number of rotatable bonds is 8. The predicted molar refractivity (Wildman–Crippen MR) is 202 cm³/mol. The molecule has 0 aliphatic rings. The summed E-state index contributed by atoms with van der Waals surface area (Å²) in [6, 6.07) is 14.7. The van der Waals surface area contributed by atoms with Crippen molar-refractivity contribution in [1.29, 1.82) is 0 Å². The monoisotopic (exact) mass is 862 g/mol. The molecular weight excluding hydrogens is 817 g/mol. The Bertz CT molecular complexity index is 2050. The van der Waals surface area contributed by atoms with Crippen molar-refractivity contribution in [3.63, 3.8) is 0 Å². The van der Waals surface area contributed by atoms with Crippen LogP contribution in [0.5, 0.6) is 0 Å². The van der Waals surface area contributed by atoms with E-state index in [1.54, 1.807) is 40.3 Å². The van der Waals surface area contributed by atoms with Gasteiger partial charge in [-0.15, -0.1) is 46.3 Å². The number of nitrogens with zero attached hydrogens (tertiary/aromatic N) is 2. The summed E-state index contributed by atoms with van der Waals surface area (Å²) in [6.07, 6.45) is 6.46. The first kappa shape index (κ1) is 37.3. The number of allylic oxidation sites excluding steroid dienone is 2. The van der Waals surface area contributed by atoms with Gasteiger partial charge < -0.3 is 5.11 Å². The first-order valence-electron chi connectivity index (χ1n) is 16.2. The number of aromatic nitrogens is 2. The van der Waals surface area contributed by atoms with Gasteiger partial charge in [-0.3, -0.25) is 9.78 Å². The molecule has 4 aromatic heterocycles. The first-order chi connectivity index (χ1) is 21.8. The van der Waals surface area contributed by atoms with Gasteiger partial charge in [-0.05, 0) is 64.1 Å². The number of thiophene rings is 3. The van der Waals surface area contributed by atoms with Gasteiger partial charge in [-0.25, -0.2) is 4.98 Å². The molecule has 0 atom stereocenters. The van der Waals surface area contributed by atoms with Crippen LogP contribution < -0.4 is 0 Å². The van der Waals surface area contributed by atoms with Crippen LogP contribution in [0.2, 0.25) is 0 Å². The van der Waals surface area contributed by atoms with E-state index >= 15 is 0 Å². The maximum Gasteiger partial charge on any atom is 0.164 e. The minimum Gasteiger partial charge on any atom is -0.512 e. The average Bonchev–Trinajstić information content (AvgIpc) is 3.80. The van der Waals surface area contributed by atoms with E-state index < -0.39 is 0 Å². The van der Waals surface area contributed by atoms with Crippen LogP contribution >= 0.6 is 34.0 Å². The van der Waals surface area contributed by atoms with E-state index in [4.69, 9.17) is 9.97 Å². The minimum atomic E-state index is -0.337. The molecule has 6 rings (SSSR count). The molecule has 8 heteroatoms. The van der Waals surface area contributed by atoms with Gasteiger partial charge in [0.1, 0.15) is 12.1 Å². The van der Waals surface area contributed by atoms with E-state index in [1.165, 1.54) is 41.9 Å². The van der Waals surface area contributed by atoms with Gasteiger partial charge in [0.25, 0.3) is 0 Å². The molecule has 1 radical (unpaired) electrons. The molecule has 0 bridgehead atoms. The molecule has 0 saturated carbocycles. The molecule has 47 heavy (non-hydrogen) atoms. The zero-order valence-electron chi connectivity index (χ0n) is 28.8. The second-order valence-corrected chi connectivity index (χ2v) is 16.6. The third-order valence-electron chi connectivity index (χ3n) is 9.97. The normalized spacial score (nSPS) is 12.8. The molecule has 0 fully saturated rings. The standard InChI is InChI=1S/C24H17N2S3.C15H28O2.Ir/c1-24(2,3)16-11-15(10-14-7-9-27-21(14)16)19-23-20(26-12-25-19)18-17(29-23)5-4-13-6-8-28-22(13)18;1-7-14(5,8-2)12(16)11-13(17)15(6,9-3)10-4;/h4-9,11-12H,1-3H3;11,16H,7-10H2,1-6H3;/q-1;;/b;12-11-;. The van der Waals surface area contributed by atoms with Crippen LogP contribution in [0.4, 0.5) is 0 Å². The Kier molecular flexibility index (Phi) is 11.6. The van der Waals surface area contributed by atoms with Gasteiger partial charge in [-0.2, -0.15) is 11.3 Å². The summed E-state index contributed by atoms with van der Waals surface area (Å²) < 4.78 is 5.05. The van der Waals surface area contributed by atoms with Crippen molar-refractivity contribution in [2.24, 2.45) is 10.8 Å². The zero-order valence-corrected chi connectivity index (χ0v) is 33.7. The van der Waals surface area contributed by atoms with Gasteiger partial charge in [0, 0.05) is 62.2 Å². The molecule has 1 N–H and O–H groups in total. The summed E-state index contributed by atoms with van der Waals surface area (Å²) >= 11 is 5.37. The molecule has 2 aromatic carbocycles. The quantitative estimate of drug-likeness (QED) is 0.0941. The maximum absolute atomic E-state index is 12.2. The Morgan fingerprint density at radius 1 is 0.851 bits per heavy atom. The number of aliphatic hydroxyl groups is 1. The molecule has 4 heterocycles. The Labute approximate surface area is 304 Å². The fraction of sp³-hybridized carbons (Fsp3) is 0.410. The zero-order chi connectivity index (χ0) is 33.4. The smallest absolute Gasteiger partial charge is 0.164 e. The first-order valence-corrected chi connectivity index (χ1v) is 18.8. The Morgan fingerprint density at radius 2 is 1.49 bits per heavy atom. The van der Waals surface area contributed by atoms with E-state index in [2.05, 4.69) is 67.9 Å². The molecule has 0 saturated heterocycles. The molecule has 0 spiro atoms. The number of aliphatic hydroxyl groups excluding tert-OH is 1. The van der Waals surface area contributed by atoms with E-state index in [0.29, 0.717) is 0 Å². The summed E-state index contributed by atoms with van der Waals surface area (Å²) in [4.78, 5) is 21.6. The van der Waals surface area contributed by atoms with Crippen molar-refractivity contribution >= 4 is 80.3 Å². The van der Waals surface area contributed by atoms with Crippen LogP contribution in [0, 0.1) is 16.9 Å². The van der Waals surface area contributed by atoms with Crippen molar-refractivity contribution < 1.29 is 30.0 Å². The molecule has 0 amide bonds. The predicted octanol–water partition coefficient (Wildman–Crippen LogP) is 12.7. The van der Waals surface area contributed by atoms with Crippen molar-refractivity contribution in [2.75, 3.05) is 0 Å². The summed E-state index contributed by atoms with van der Waals surface area (Å²) in [7, 11) is 0. The SMILES string of the molecule is CC(C)(C)c1cc(-c2ncnc3c2sc2ccc4ccsc4c23)[c-]c2ccsc12.CCC(C)(CC)C(=O)/C=C(\O)C(C)(CC)CC.[Ir]. The van der Waals surface area contributed by atoms with E-state index in [0.717, 1.165) is 47.2 Å². The number of ketones is 1. The van der Waals surface area contributed by atoms with Gasteiger partial charge in [-0.1, -0.05) is 79.5 Å². The number of benzene rings is 2. The second kappa shape index (κ2) is 14.6. The van der Waals surface area contributed by atoms with Crippen molar-refractivity contribution in [2.45, 2.75) is 93.4 Å². The summed E-state index contributed by atoms with van der Waals surface area (Å²) in [6.45, 7) is 18.9. The summed E-state index contributed by atoms with van der Waals surface area (Å²) in [5.41, 5.74) is 3.90. The molecule has 4 nitrogen and oxygen atoms in total. The molecule has 0 unspecified atom stereocenters. The minimum absolute atomic E-state index is 0. The van der Waals surface area contributed by atoms with Crippen LogP contribution in [0.25, 0.3) is 51.7 Å². The number of carbonyl (C=O) groups excluding carboxylic acids is 1. The number of fused-ring (bicyclic) bond motifs is 6. The van der Waals surface area contributed by atoms with Gasteiger partial charge in [0.05, 0.1) is 5.52 Å². The van der Waals surface area contributed by atoms with Gasteiger partial charge in [0.2, 0.25) is 0 Å². The van der Waals surface area contributed by atoms with Crippen LogP contribution in [0.1, 0.15) is 93.6 Å². The third-order valence-corrected chi connectivity index (χ3v) is 13.0. The maximum atomic E-state index is 12.2. The Balaban J connectivity index is 0.000000242. The fourth-order valence-electron chi connectivity index (χ4n) is 5.65. The van der Waals surface area contributed by atoms with Crippen molar-refractivity contribution in [3.8, 4) is 11.3 Å². The Morgan fingerprint density at radius 3 is 2.13 bits per heavy atom. The largest absolute Gasteiger partial charge is 0.512 e. The molecule has 251 valence electrons. The molecular formula is C39H45IrN2O2S3-. The summed E-state index contributed by atoms with van der Waals surface area (Å²) in [5.74, 6) is 0.286. The second-order valence-electron chi connectivity index (χ2n) is 13.7.